The highest BCUT2D eigenvalue weighted by atomic mass is 32.2. The van der Waals surface area contributed by atoms with E-state index in [-0.39, 0.29) is 28.9 Å². The van der Waals surface area contributed by atoms with Gasteiger partial charge in [-0.1, -0.05) is 38.5 Å². The van der Waals surface area contributed by atoms with Crippen LogP contribution >= 0.6 is 0 Å². The predicted molar refractivity (Wildman–Crippen MR) is 102 cm³/mol. The molecule has 26 heavy (non-hydrogen) atoms. The van der Waals surface area contributed by atoms with Crippen LogP contribution in [0.1, 0.15) is 54.8 Å². The zero-order valence-corrected chi connectivity index (χ0v) is 16.4. The van der Waals surface area contributed by atoms with Crippen LogP contribution in [0.25, 0.3) is 0 Å². The number of nitrogens with zero attached hydrogens (tertiary/aromatic N) is 2. The van der Waals surface area contributed by atoms with Crippen LogP contribution in [0.15, 0.2) is 30.3 Å². The molecule has 1 fully saturated rings. The van der Waals surface area contributed by atoms with Crippen molar-refractivity contribution in [2.24, 2.45) is 0 Å². The lowest BCUT2D eigenvalue weighted by molar-refractivity contribution is 0.102. The van der Waals surface area contributed by atoms with Crippen molar-refractivity contribution < 1.29 is 13.2 Å². The van der Waals surface area contributed by atoms with Crippen LogP contribution in [0, 0.1) is 6.92 Å². The standard InChI is InChI=1S/C19H25N3O3S/c1-13-5-7-14(8-6-13)18(23)20-17-11-16(19(2,3)4)21-22(17)15-9-10-26(24,25)12-15/h5-8,11,15H,9-10,12H2,1-4H3,(H,20,23)/t15-/m0/s1. The van der Waals surface area contributed by atoms with E-state index in [2.05, 4.69) is 10.4 Å². The quantitative estimate of drug-likeness (QED) is 0.894. The van der Waals surface area contributed by atoms with Gasteiger partial charge < -0.3 is 5.32 Å². The lowest BCUT2D eigenvalue weighted by Crippen LogP contribution is -2.20. The SMILES string of the molecule is Cc1ccc(C(=O)Nc2cc(C(C)(C)C)nn2[C@H]2CCS(=O)(=O)C2)cc1. The molecule has 6 nitrogen and oxygen atoms in total. The van der Waals surface area contributed by atoms with Gasteiger partial charge in [0, 0.05) is 17.0 Å². The molecule has 0 bridgehead atoms. The van der Waals surface area contributed by atoms with Crippen LogP contribution in [0.2, 0.25) is 0 Å². The first-order chi connectivity index (χ1) is 12.0. The van der Waals surface area contributed by atoms with E-state index in [0.29, 0.717) is 17.8 Å². The largest absolute Gasteiger partial charge is 0.307 e. The van der Waals surface area contributed by atoms with Gasteiger partial charge in [-0.25, -0.2) is 13.1 Å². The maximum Gasteiger partial charge on any atom is 0.256 e. The minimum atomic E-state index is -3.05. The fourth-order valence-electron chi connectivity index (χ4n) is 2.99. The molecule has 1 aromatic carbocycles. The summed E-state index contributed by atoms with van der Waals surface area (Å²) in [5.41, 5.74) is 2.25. The number of nitrogens with one attached hydrogen (secondary N) is 1. The summed E-state index contributed by atoms with van der Waals surface area (Å²) in [6.45, 7) is 8.08. The number of hydrogen-bond donors (Lipinski definition) is 1. The van der Waals surface area contributed by atoms with Crippen molar-refractivity contribution in [2.75, 3.05) is 16.8 Å². The maximum absolute atomic E-state index is 12.6. The minimum absolute atomic E-state index is 0.0612. The molecule has 1 aromatic heterocycles. The van der Waals surface area contributed by atoms with Gasteiger partial charge in [-0.15, -0.1) is 0 Å². The number of aryl methyl sites for hydroxylation is 1. The molecule has 1 aliphatic rings. The molecule has 7 heteroatoms. The van der Waals surface area contributed by atoms with Crippen molar-refractivity contribution in [3.63, 3.8) is 0 Å². The number of sulfone groups is 1. The Bertz CT molecular complexity index is 922. The summed E-state index contributed by atoms with van der Waals surface area (Å²) < 4.78 is 25.4. The van der Waals surface area contributed by atoms with Crippen molar-refractivity contribution in [1.29, 1.82) is 0 Å². The molecule has 0 radical (unpaired) electrons. The van der Waals surface area contributed by atoms with E-state index in [0.717, 1.165) is 11.3 Å². The molecular weight excluding hydrogens is 350 g/mol. The normalized spacial score (nSPS) is 19.5. The second kappa shape index (κ2) is 6.54. The van der Waals surface area contributed by atoms with Crippen molar-refractivity contribution in [3.05, 3.63) is 47.2 Å². The number of carbonyl (C=O) groups is 1. The van der Waals surface area contributed by atoms with Crippen LogP contribution in [0.4, 0.5) is 5.82 Å². The lowest BCUT2D eigenvalue weighted by atomic mass is 9.92. The number of benzene rings is 1. The Labute approximate surface area is 154 Å². The monoisotopic (exact) mass is 375 g/mol. The highest BCUT2D eigenvalue weighted by molar-refractivity contribution is 7.91. The second-order valence-electron chi connectivity index (χ2n) is 7.99. The summed E-state index contributed by atoms with van der Waals surface area (Å²) in [6.07, 6.45) is 0.515. The van der Waals surface area contributed by atoms with Gasteiger partial charge in [0.15, 0.2) is 9.84 Å². The number of amides is 1. The van der Waals surface area contributed by atoms with Crippen LogP contribution in [-0.4, -0.2) is 35.6 Å². The molecule has 1 saturated heterocycles. The molecule has 3 rings (SSSR count). The van der Waals surface area contributed by atoms with Crippen LogP contribution < -0.4 is 5.32 Å². The number of hydrogen-bond acceptors (Lipinski definition) is 4. The van der Waals surface area contributed by atoms with Crippen molar-refractivity contribution in [2.45, 2.75) is 45.6 Å². The highest BCUT2D eigenvalue weighted by Gasteiger charge is 2.32. The van der Waals surface area contributed by atoms with Gasteiger partial charge in [0.05, 0.1) is 23.2 Å². The third-order valence-electron chi connectivity index (χ3n) is 4.61. The molecule has 0 spiro atoms. The smallest absolute Gasteiger partial charge is 0.256 e. The number of aromatic nitrogens is 2. The fraction of sp³-hybridized carbons (Fsp3) is 0.474. The zero-order chi connectivity index (χ0) is 19.1. The third kappa shape index (κ3) is 3.98. The molecule has 1 amide bonds. The average Bonchev–Trinajstić information content (AvgIpc) is 3.10. The fourth-order valence-corrected chi connectivity index (χ4v) is 4.69. The van der Waals surface area contributed by atoms with E-state index in [1.165, 1.54) is 0 Å². The summed E-state index contributed by atoms with van der Waals surface area (Å²) in [5, 5.41) is 7.54. The summed E-state index contributed by atoms with van der Waals surface area (Å²) >= 11 is 0. The van der Waals surface area contributed by atoms with Gasteiger partial charge in [-0.05, 0) is 25.5 Å². The number of anilines is 1. The maximum atomic E-state index is 12.6. The van der Waals surface area contributed by atoms with Crippen LogP contribution in [0.5, 0.6) is 0 Å². The van der Waals surface area contributed by atoms with Gasteiger partial charge in [0.1, 0.15) is 5.82 Å². The minimum Gasteiger partial charge on any atom is -0.307 e. The first-order valence-corrected chi connectivity index (χ1v) is 10.6. The molecule has 2 aromatic rings. The van der Waals surface area contributed by atoms with Crippen LogP contribution in [-0.2, 0) is 15.3 Å². The Kier molecular flexibility index (Phi) is 4.69. The molecule has 1 aliphatic heterocycles. The van der Waals surface area contributed by atoms with E-state index >= 15 is 0 Å². The predicted octanol–water partition coefficient (Wildman–Crippen LogP) is 3.10. The van der Waals surface area contributed by atoms with Crippen molar-refractivity contribution in [1.82, 2.24) is 9.78 Å². The van der Waals surface area contributed by atoms with E-state index in [1.54, 1.807) is 16.8 Å². The summed E-state index contributed by atoms with van der Waals surface area (Å²) in [6, 6.07) is 8.92. The van der Waals surface area contributed by atoms with E-state index in [9.17, 15) is 13.2 Å². The summed E-state index contributed by atoms with van der Waals surface area (Å²) in [5.74, 6) is 0.536. The first kappa shape index (κ1) is 18.6. The highest BCUT2D eigenvalue weighted by Crippen LogP contribution is 2.31. The average molecular weight is 375 g/mol. The Morgan fingerprint density at radius 3 is 2.42 bits per heavy atom. The van der Waals surface area contributed by atoms with E-state index < -0.39 is 9.84 Å². The van der Waals surface area contributed by atoms with Crippen LogP contribution in [0.3, 0.4) is 0 Å². The van der Waals surface area contributed by atoms with E-state index in [4.69, 9.17) is 0 Å². The Morgan fingerprint density at radius 1 is 1.23 bits per heavy atom. The number of rotatable bonds is 3. The molecule has 0 aliphatic carbocycles. The molecule has 0 saturated carbocycles. The second-order valence-corrected chi connectivity index (χ2v) is 10.2. The third-order valence-corrected chi connectivity index (χ3v) is 6.36. The Balaban J connectivity index is 1.93. The summed E-state index contributed by atoms with van der Waals surface area (Å²) in [7, 11) is -3.05. The van der Waals surface area contributed by atoms with Gasteiger partial charge >= 0.3 is 0 Å². The van der Waals surface area contributed by atoms with Crippen molar-refractivity contribution in [3.8, 4) is 0 Å². The summed E-state index contributed by atoms with van der Waals surface area (Å²) in [4.78, 5) is 12.6. The zero-order valence-electron chi connectivity index (χ0n) is 15.6. The Hall–Kier alpha value is -2.15. The molecule has 0 unspecified atom stereocenters. The molecule has 2 heterocycles. The number of carbonyl (C=O) groups excluding carboxylic acids is 1. The topological polar surface area (TPSA) is 81.1 Å². The van der Waals surface area contributed by atoms with Gasteiger partial charge in [-0.2, -0.15) is 5.10 Å². The molecule has 140 valence electrons. The van der Waals surface area contributed by atoms with E-state index in [1.807, 2.05) is 45.9 Å². The Morgan fingerprint density at radius 2 is 1.88 bits per heavy atom. The first-order valence-electron chi connectivity index (χ1n) is 8.74. The van der Waals surface area contributed by atoms with Gasteiger partial charge in [0.2, 0.25) is 0 Å². The molecular formula is C19H25N3O3S. The lowest BCUT2D eigenvalue weighted by Gasteiger charge is -2.15. The van der Waals surface area contributed by atoms with Gasteiger partial charge in [0.25, 0.3) is 5.91 Å². The molecule has 1 atom stereocenters. The van der Waals surface area contributed by atoms with Crippen molar-refractivity contribution >= 4 is 21.6 Å². The molecule has 1 N–H and O–H groups in total. The van der Waals surface area contributed by atoms with Gasteiger partial charge in [-0.3, -0.25) is 4.79 Å².